The third-order valence-electron chi connectivity index (χ3n) is 6.94. The zero-order valence-corrected chi connectivity index (χ0v) is 20.2. The van der Waals surface area contributed by atoms with Gasteiger partial charge in [0.25, 0.3) is 0 Å². The lowest BCUT2D eigenvalue weighted by molar-refractivity contribution is 0.175. The summed E-state index contributed by atoms with van der Waals surface area (Å²) in [6.07, 6.45) is 10.7. The molecule has 1 aliphatic carbocycles. The average Bonchev–Trinajstić information content (AvgIpc) is 3.55. The number of rotatable bonds is 7. The van der Waals surface area contributed by atoms with E-state index in [1.54, 1.807) is 30.2 Å². The van der Waals surface area contributed by atoms with Crippen LogP contribution in [-0.2, 0) is 7.05 Å². The first-order valence-electron chi connectivity index (χ1n) is 12.1. The fourth-order valence-electron chi connectivity index (χ4n) is 4.71. The highest BCUT2D eigenvalue weighted by Crippen LogP contribution is 2.33. The van der Waals surface area contributed by atoms with E-state index in [-0.39, 0.29) is 23.1 Å². The first-order valence-corrected chi connectivity index (χ1v) is 12.1. The molecule has 0 radical (unpaired) electrons. The molecule has 0 amide bonds. The lowest BCUT2D eigenvalue weighted by atomic mass is 9.81. The van der Waals surface area contributed by atoms with E-state index in [9.17, 15) is 4.39 Å². The highest BCUT2D eigenvalue weighted by Gasteiger charge is 2.24. The van der Waals surface area contributed by atoms with Crippen molar-refractivity contribution in [1.82, 2.24) is 35.0 Å². The Labute approximate surface area is 207 Å². The van der Waals surface area contributed by atoms with Crippen LogP contribution < -0.4 is 10.5 Å². The fraction of sp³-hybridized carbons (Fsp3) is 0.400. The van der Waals surface area contributed by atoms with E-state index in [1.807, 2.05) is 6.20 Å². The molecule has 9 nitrogen and oxygen atoms in total. The molecule has 2 N–H and O–H groups in total. The summed E-state index contributed by atoms with van der Waals surface area (Å²) in [5, 5.41) is 15.7. The number of tetrazole rings is 1. The van der Waals surface area contributed by atoms with E-state index in [0.717, 1.165) is 47.4 Å². The number of halogens is 2. The molecule has 1 saturated carbocycles. The number of nitrogen functional groups attached to an aromatic ring is 1. The van der Waals surface area contributed by atoms with Crippen molar-refractivity contribution < 1.29 is 13.5 Å². The van der Waals surface area contributed by atoms with Crippen molar-refractivity contribution >= 4 is 5.82 Å². The Morgan fingerprint density at radius 3 is 2.56 bits per heavy atom. The maximum atomic E-state index is 15.2. The predicted molar refractivity (Wildman–Crippen MR) is 130 cm³/mol. The van der Waals surface area contributed by atoms with Crippen LogP contribution in [0, 0.1) is 23.5 Å². The van der Waals surface area contributed by atoms with Gasteiger partial charge >= 0.3 is 0 Å². The zero-order valence-electron chi connectivity index (χ0n) is 20.2. The monoisotopic (exact) mass is 494 g/mol. The SMILES string of the molecule is CCC1CCC(COc2ccc(-n3nnnc3-c3cc(-c4cnn(C)c4)cnc3N)c(F)c2F)CC1. The smallest absolute Gasteiger partial charge is 0.202 e. The van der Waals surface area contributed by atoms with Gasteiger partial charge in [-0.15, -0.1) is 5.10 Å². The zero-order chi connectivity index (χ0) is 25.2. The second kappa shape index (κ2) is 10.00. The Bertz CT molecular complexity index is 1360. The number of benzene rings is 1. The van der Waals surface area contributed by atoms with Crippen LogP contribution in [-0.4, -0.2) is 41.6 Å². The number of pyridine rings is 1. The summed E-state index contributed by atoms with van der Waals surface area (Å²) in [6.45, 7) is 2.57. The number of aryl methyl sites for hydroxylation is 1. The number of ether oxygens (including phenoxy) is 1. The second-order valence-electron chi connectivity index (χ2n) is 9.29. The summed E-state index contributed by atoms with van der Waals surface area (Å²) in [5.74, 6) is -0.916. The van der Waals surface area contributed by atoms with Crippen molar-refractivity contribution in [2.75, 3.05) is 12.3 Å². The Hall–Kier alpha value is -3.89. The highest BCUT2D eigenvalue weighted by molar-refractivity contribution is 5.76. The van der Waals surface area contributed by atoms with Crippen molar-refractivity contribution in [3.63, 3.8) is 0 Å². The molecule has 11 heteroatoms. The molecular weight excluding hydrogens is 466 g/mol. The van der Waals surface area contributed by atoms with Gasteiger partial charge < -0.3 is 10.5 Å². The summed E-state index contributed by atoms with van der Waals surface area (Å²) in [6, 6.07) is 4.54. The number of hydrogen-bond acceptors (Lipinski definition) is 7. The summed E-state index contributed by atoms with van der Waals surface area (Å²) in [5.41, 5.74) is 7.86. The van der Waals surface area contributed by atoms with Crippen molar-refractivity contribution in [3.05, 3.63) is 48.4 Å². The van der Waals surface area contributed by atoms with E-state index in [4.69, 9.17) is 10.5 Å². The van der Waals surface area contributed by atoms with Gasteiger partial charge in [0, 0.05) is 30.6 Å². The first-order chi connectivity index (χ1) is 17.4. The summed E-state index contributed by atoms with van der Waals surface area (Å²) >= 11 is 0. The molecule has 0 aliphatic heterocycles. The molecule has 0 bridgehead atoms. The molecule has 0 saturated heterocycles. The van der Waals surface area contributed by atoms with Gasteiger partial charge in [-0.3, -0.25) is 4.68 Å². The predicted octanol–water partition coefficient (Wildman–Crippen LogP) is 4.58. The van der Waals surface area contributed by atoms with Crippen LogP contribution in [0.3, 0.4) is 0 Å². The van der Waals surface area contributed by atoms with Gasteiger partial charge in [-0.05, 0) is 53.3 Å². The largest absolute Gasteiger partial charge is 0.490 e. The van der Waals surface area contributed by atoms with E-state index >= 15 is 4.39 Å². The molecule has 5 rings (SSSR count). The number of aromatic nitrogens is 7. The minimum absolute atomic E-state index is 0.122. The fourth-order valence-corrected chi connectivity index (χ4v) is 4.71. The van der Waals surface area contributed by atoms with Crippen LogP contribution >= 0.6 is 0 Å². The van der Waals surface area contributed by atoms with E-state index in [1.165, 1.54) is 18.6 Å². The number of hydrogen-bond donors (Lipinski definition) is 1. The van der Waals surface area contributed by atoms with Crippen LogP contribution in [0.4, 0.5) is 14.6 Å². The molecule has 0 unspecified atom stereocenters. The maximum absolute atomic E-state index is 15.2. The van der Waals surface area contributed by atoms with Crippen molar-refractivity contribution in [2.24, 2.45) is 18.9 Å². The van der Waals surface area contributed by atoms with E-state index in [0.29, 0.717) is 18.1 Å². The van der Waals surface area contributed by atoms with Crippen LogP contribution in [0.15, 0.2) is 36.8 Å². The Morgan fingerprint density at radius 1 is 1.06 bits per heavy atom. The molecule has 0 atom stereocenters. The van der Waals surface area contributed by atoms with Gasteiger partial charge in [0.05, 0.1) is 18.4 Å². The van der Waals surface area contributed by atoms with Crippen molar-refractivity contribution in [3.8, 4) is 34.0 Å². The molecule has 36 heavy (non-hydrogen) atoms. The molecule has 3 aromatic heterocycles. The third kappa shape index (κ3) is 4.65. The summed E-state index contributed by atoms with van der Waals surface area (Å²) in [4.78, 5) is 4.23. The molecule has 1 aliphatic rings. The lowest BCUT2D eigenvalue weighted by Gasteiger charge is -2.27. The third-order valence-corrected chi connectivity index (χ3v) is 6.94. The first kappa shape index (κ1) is 23.8. The molecular formula is C25H28F2N8O. The standard InChI is InChI=1S/C25H28F2N8O/c1-3-15-4-6-16(7-5-15)14-36-21-9-8-20(22(26)23(21)27)35-25(31-32-33-35)19-10-17(11-29-24(19)28)18-12-30-34(2)13-18/h8-13,15-16H,3-7,14H2,1-2H3,(H2,28,29). The Balaban J connectivity index is 1.40. The molecule has 188 valence electrons. The molecule has 4 aromatic rings. The number of nitrogens with zero attached hydrogens (tertiary/aromatic N) is 7. The average molecular weight is 495 g/mol. The topological polar surface area (TPSA) is 110 Å². The molecule has 1 aromatic carbocycles. The number of anilines is 1. The van der Waals surface area contributed by atoms with Crippen LogP contribution in [0.2, 0.25) is 0 Å². The number of nitrogens with two attached hydrogens (primary N) is 1. The molecule has 1 fully saturated rings. The van der Waals surface area contributed by atoms with Crippen LogP contribution in [0.25, 0.3) is 28.2 Å². The van der Waals surface area contributed by atoms with Gasteiger partial charge in [0.1, 0.15) is 11.5 Å². The van der Waals surface area contributed by atoms with Gasteiger partial charge in [-0.25, -0.2) is 9.37 Å². The summed E-state index contributed by atoms with van der Waals surface area (Å²) < 4.78 is 38.7. The van der Waals surface area contributed by atoms with Gasteiger partial charge in [-0.1, -0.05) is 26.2 Å². The second-order valence-corrected chi connectivity index (χ2v) is 9.29. The lowest BCUT2D eigenvalue weighted by Crippen LogP contribution is -2.20. The quantitative estimate of drug-likeness (QED) is 0.400. The normalized spacial score (nSPS) is 17.9. The molecule has 3 heterocycles. The van der Waals surface area contributed by atoms with Gasteiger partial charge in [0.15, 0.2) is 17.4 Å². The highest BCUT2D eigenvalue weighted by atomic mass is 19.2. The van der Waals surface area contributed by atoms with Gasteiger partial charge in [0.2, 0.25) is 5.82 Å². The minimum atomic E-state index is -1.11. The maximum Gasteiger partial charge on any atom is 0.202 e. The van der Waals surface area contributed by atoms with Crippen LogP contribution in [0.1, 0.15) is 39.0 Å². The minimum Gasteiger partial charge on any atom is -0.490 e. The van der Waals surface area contributed by atoms with Gasteiger partial charge in [-0.2, -0.15) is 14.2 Å². The van der Waals surface area contributed by atoms with Crippen molar-refractivity contribution in [2.45, 2.75) is 39.0 Å². The summed E-state index contributed by atoms with van der Waals surface area (Å²) in [7, 11) is 1.80. The Kier molecular flexibility index (Phi) is 6.62. The van der Waals surface area contributed by atoms with E-state index < -0.39 is 11.6 Å². The van der Waals surface area contributed by atoms with Crippen LogP contribution in [0.5, 0.6) is 5.75 Å². The van der Waals surface area contributed by atoms with E-state index in [2.05, 4.69) is 32.5 Å². The Morgan fingerprint density at radius 2 is 1.83 bits per heavy atom. The van der Waals surface area contributed by atoms with Crippen molar-refractivity contribution in [1.29, 1.82) is 0 Å². The molecule has 0 spiro atoms.